The van der Waals surface area contributed by atoms with Crippen molar-refractivity contribution in [3.05, 3.63) is 12.8 Å². The van der Waals surface area contributed by atoms with Crippen molar-refractivity contribution in [2.45, 2.75) is 26.4 Å². The summed E-state index contributed by atoms with van der Waals surface area (Å²) in [5, 5.41) is 8.87. The van der Waals surface area contributed by atoms with Crippen LogP contribution in [0.1, 0.15) is 20.8 Å². The van der Waals surface area contributed by atoms with Crippen LogP contribution in [0.5, 0.6) is 0 Å². The molecule has 0 aromatic rings. The van der Waals surface area contributed by atoms with E-state index in [4.69, 9.17) is 9.68 Å². The van der Waals surface area contributed by atoms with E-state index in [0.29, 0.717) is 0 Å². The van der Waals surface area contributed by atoms with Gasteiger partial charge in [-0.25, -0.2) is 0 Å². The largest absolute Gasteiger partial charge is 0.710 e. The molecule has 0 bridgehead atoms. The lowest BCUT2D eigenvalue weighted by atomic mass is 10.1. The normalized spacial score (nSPS) is 10.8. The van der Waals surface area contributed by atoms with E-state index in [1.807, 2.05) is 20.8 Å². The van der Waals surface area contributed by atoms with Gasteiger partial charge in [0.05, 0.1) is 6.26 Å². The standard InChI is InChI=1S/C6H13BO3/c1-5-9-7(8)10-6(2,3)4/h5,8H,1H2,2-4H3. The molecule has 0 aromatic heterocycles. The fourth-order valence-electron chi connectivity index (χ4n) is 0.413. The lowest BCUT2D eigenvalue weighted by molar-refractivity contribution is 0.0614. The SMILES string of the molecule is C=COB(O)OC(C)(C)C. The third-order valence-corrected chi connectivity index (χ3v) is 0.667. The monoisotopic (exact) mass is 144 g/mol. The molecule has 0 amide bonds. The average Bonchev–Trinajstić information content (AvgIpc) is 1.59. The summed E-state index contributed by atoms with van der Waals surface area (Å²) in [4.78, 5) is 0. The van der Waals surface area contributed by atoms with Crippen LogP contribution >= 0.6 is 0 Å². The van der Waals surface area contributed by atoms with Crippen LogP contribution in [0, 0.1) is 0 Å². The van der Waals surface area contributed by atoms with Gasteiger partial charge in [-0.1, -0.05) is 6.58 Å². The van der Waals surface area contributed by atoms with Gasteiger partial charge in [0.15, 0.2) is 0 Å². The van der Waals surface area contributed by atoms with Crippen molar-refractivity contribution in [3.8, 4) is 0 Å². The number of rotatable bonds is 3. The van der Waals surface area contributed by atoms with Gasteiger partial charge >= 0.3 is 7.32 Å². The van der Waals surface area contributed by atoms with E-state index >= 15 is 0 Å². The summed E-state index contributed by atoms with van der Waals surface area (Å²) in [6.45, 7) is 8.73. The van der Waals surface area contributed by atoms with Crippen LogP contribution in [0.15, 0.2) is 12.8 Å². The summed E-state index contributed by atoms with van der Waals surface area (Å²) in [5.41, 5.74) is -0.400. The molecule has 3 nitrogen and oxygen atoms in total. The Hall–Kier alpha value is -0.475. The highest BCUT2D eigenvalue weighted by Gasteiger charge is 2.24. The molecule has 0 aliphatic heterocycles. The maximum atomic E-state index is 8.87. The minimum Gasteiger partial charge on any atom is -0.519 e. The molecule has 0 rings (SSSR count). The average molecular weight is 144 g/mol. The molecule has 0 fully saturated rings. The van der Waals surface area contributed by atoms with E-state index < -0.39 is 12.9 Å². The van der Waals surface area contributed by atoms with Crippen molar-refractivity contribution < 1.29 is 14.3 Å². The molecule has 0 aliphatic rings. The van der Waals surface area contributed by atoms with E-state index in [0.717, 1.165) is 6.26 Å². The third kappa shape index (κ3) is 5.66. The van der Waals surface area contributed by atoms with Crippen LogP contribution in [-0.4, -0.2) is 17.9 Å². The molecule has 0 spiro atoms. The van der Waals surface area contributed by atoms with Crippen LogP contribution < -0.4 is 0 Å². The topological polar surface area (TPSA) is 38.7 Å². The molecule has 10 heavy (non-hydrogen) atoms. The highest BCUT2D eigenvalue weighted by Crippen LogP contribution is 2.07. The summed E-state index contributed by atoms with van der Waals surface area (Å²) < 4.78 is 9.46. The Morgan fingerprint density at radius 2 is 2.00 bits per heavy atom. The summed E-state index contributed by atoms with van der Waals surface area (Å²) in [6, 6.07) is 0. The molecule has 0 heterocycles. The fraction of sp³-hybridized carbons (Fsp3) is 0.667. The predicted molar refractivity (Wildman–Crippen MR) is 40.1 cm³/mol. The van der Waals surface area contributed by atoms with Crippen molar-refractivity contribution >= 4 is 7.32 Å². The number of hydrogen-bond acceptors (Lipinski definition) is 3. The quantitative estimate of drug-likeness (QED) is 0.473. The Kier molecular flexibility index (Phi) is 3.46. The van der Waals surface area contributed by atoms with Crippen molar-refractivity contribution in [2.75, 3.05) is 0 Å². The molecular formula is C6H13BO3. The minimum absolute atomic E-state index is 0.400. The van der Waals surface area contributed by atoms with E-state index in [2.05, 4.69) is 11.2 Å². The fourth-order valence-corrected chi connectivity index (χ4v) is 0.413. The molecule has 0 saturated carbocycles. The van der Waals surface area contributed by atoms with E-state index in [1.54, 1.807) is 0 Å². The lowest BCUT2D eigenvalue weighted by Crippen LogP contribution is -2.31. The summed E-state index contributed by atoms with van der Waals surface area (Å²) in [6.07, 6.45) is 1.14. The Bertz CT molecular complexity index is 108. The van der Waals surface area contributed by atoms with Gasteiger partial charge in [-0.3, -0.25) is 0 Å². The maximum absolute atomic E-state index is 8.87. The second-order valence-electron chi connectivity index (χ2n) is 2.84. The van der Waals surface area contributed by atoms with Gasteiger partial charge in [0.1, 0.15) is 0 Å². The van der Waals surface area contributed by atoms with Crippen LogP contribution in [-0.2, 0) is 9.31 Å². The molecule has 4 heteroatoms. The van der Waals surface area contributed by atoms with Crippen molar-refractivity contribution in [2.24, 2.45) is 0 Å². The number of hydrogen-bond donors (Lipinski definition) is 1. The van der Waals surface area contributed by atoms with Gasteiger partial charge in [-0.05, 0) is 20.8 Å². The van der Waals surface area contributed by atoms with Gasteiger partial charge < -0.3 is 14.3 Å². The molecule has 0 saturated heterocycles. The zero-order valence-electron chi connectivity index (χ0n) is 6.63. The van der Waals surface area contributed by atoms with Crippen molar-refractivity contribution in [1.82, 2.24) is 0 Å². The molecule has 0 aliphatic carbocycles. The molecule has 0 radical (unpaired) electrons. The summed E-state index contributed by atoms with van der Waals surface area (Å²) in [5.74, 6) is 0. The Balaban J connectivity index is 3.56. The maximum Gasteiger partial charge on any atom is 0.710 e. The van der Waals surface area contributed by atoms with E-state index in [-0.39, 0.29) is 0 Å². The van der Waals surface area contributed by atoms with Gasteiger partial charge in [0.2, 0.25) is 0 Å². The molecule has 0 unspecified atom stereocenters. The summed E-state index contributed by atoms with van der Waals surface area (Å²) >= 11 is 0. The Morgan fingerprint density at radius 1 is 1.50 bits per heavy atom. The van der Waals surface area contributed by atoms with Gasteiger partial charge in [0.25, 0.3) is 0 Å². The van der Waals surface area contributed by atoms with Crippen LogP contribution in [0.4, 0.5) is 0 Å². The van der Waals surface area contributed by atoms with Crippen molar-refractivity contribution in [3.63, 3.8) is 0 Å². The Labute approximate surface area is 61.8 Å². The van der Waals surface area contributed by atoms with E-state index in [9.17, 15) is 0 Å². The first-order chi connectivity index (χ1) is 4.45. The van der Waals surface area contributed by atoms with Crippen LogP contribution in [0.2, 0.25) is 0 Å². The second-order valence-corrected chi connectivity index (χ2v) is 2.84. The smallest absolute Gasteiger partial charge is 0.519 e. The van der Waals surface area contributed by atoms with E-state index in [1.165, 1.54) is 0 Å². The lowest BCUT2D eigenvalue weighted by Gasteiger charge is -2.20. The van der Waals surface area contributed by atoms with Crippen molar-refractivity contribution in [1.29, 1.82) is 0 Å². The molecule has 58 valence electrons. The highest BCUT2D eigenvalue weighted by atomic mass is 16.7. The molecule has 0 aromatic carbocycles. The second kappa shape index (κ2) is 3.63. The van der Waals surface area contributed by atoms with Crippen LogP contribution in [0.25, 0.3) is 0 Å². The van der Waals surface area contributed by atoms with Gasteiger partial charge in [-0.15, -0.1) is 0 Å². The van der Waals surface area contributed by atoms with Gasteiger partial charge in [-0.2, -0.15) is 0 Å². The first kappa shape index (κ1) is 9.52. The van der Waals surface area contributed by atoms with Crippen LogP contribution in [0.3, 0.4) is 0 Å². The first-order valence-electron chi connectivity index (χ1n) is 3.08. The predicted octanol–water partition coefficient (Wildman–Crippen LogP) is 0.939. The summed E-state index contributed by atoms with van der Waals surface area (Å²) in [7, 11) is -1.21. The molecular weight excluding hydrogens is 131 g/mol. The molecule has 0 atom stereocenters. The van der Waals surface area contributed by atoms with Gasteiger partial charge in [0, 0.05) is 5.60 Å². The third-order valence-electron chi connectivity index (χ3n) is 0.667. The highest BCUT2D eigenvalue weighted by molar-refractivity contribution is 6.34. The zero-order valence-corrected chi connectivity index (χ0v) is 6.63. The molecule has 1 N–H and O–H groups in total. The first-order valence-corrected chi connectivity index (χ1v) is 3.08. The Morgan fingerprint density at radius 3 is 2.30 bits per heavy atom. The zero-order chi connectivity index (χ0) is 8.20. The minimum atomic E-state index is -1.21.